The van der Waals surface area contributed by atoms with Gasteiger partial charge in [-0.15, -0.1) is 0 Å². The fourth-order valence-electron chi connectivity index (χ4n) is 2.99. The molecule has 6 nitrogen and oxygen atoms in total. The van der Waals surface area contributed by atoms with Crippen molar-refractivity contribution in [1.29, 1.82) is 0 Å². The molecule has 3 rings (SSSR count). The molecule has 1 heterocycles. The summed E-state index contributed by atoms with van der Waals surface area (Å²) in [5, 5.41) is 3.51. The van der Waals surface area contributed by atoms with Crippen LogP contribution in [-0.2, 0) is 4.79 Å². The van der Waals surface area contributed by atoms with Crippen molar-refractivity contribution in [2.75, 3.05) is 0 Å². The minimum atomic E-state index is -0.698. The molecule has 1 saturated carbocycles. The Labute approximate surface area is 138 Å². The van der Waals surface area contributed by atoms with Gasteiger partial charge in [-0.05, 0) is 31.0 Å². The normalized spacial score (nSPS) is 15.2. The molecule has 1 aliphatic carbocycles. The predicted molar refractivity (Wildman–Crippen MR) is 88.1 cm³/mol. The molecule has 1 aromatic carbocycles. The van der Waals surface area contributed by atoms with Gasteiger partial charge < -0.3 is 14.5 Å². The number of rotatable bonds is 3. The topological polar surface area (TPSA) is 85.6 Å². The van der Waals surface area contributed by atoms with E-state index in [-0.39, 0.29) is 22.9 Å². The number of amides is 1. The fraction of sp³-hybridized carbons (Fsp3) is 0.389. The van der Waals surface area contributed by atoms with Crippen molar-refractivity contribution in [3.8, 4) is 5.75 Å². The van der Waals surface area contributed by atoms with Crippen molar-refractivity contribution < 1.29 is 18.7 Å². The third kappa shape index (κ3) is 3.64. The van der Waals surface area contributed by atoms with Crippen molar-refractivity contribution in [2.45, 2.75) is 45.1 Å². The van der Waals surface area contributed by atoms with E-state index >= 15 is 0 Å². The van der Waals surface area contributed by atoms with Gasteiger partial charge >= 0.3 is 11.6 Å². The van der Waals surface area contributed by atoms with Crippen molar-refractivity contribution in [3.05, 3.63) is 40.2 Å². The van der Waals surface area contributed by atoms with Gasteiger partial charge in [0, 0.05) is 24.4 Å². The van der Waals surface area contributed by atoms with Gasteiger partial charge in [-0.3, -0.25) is 9.59 Å². The Morgan fingerprint density at radius 1 is 1.17 bits per heavy atom. The third-order valence-corrected chi connectivity index (χ3v) is 4.15. The number of fused-ring (bicyclic) bond motifs is 1. The van der Waals surface area contributed by atoms with Crippen molar-refractivity contribution in [1.82, 2.24) is 5.32 Å². The molecule has 0 radical (unpaired) electrons. The maximum Gasteiger partial charge on any atom is 0.349 e. The monoisotopic (exact) mass is 329 g/mol. The first-order valence-corrected chi connectivity index (χ1v) is 8.10. The molecule has 1 fully saturated rings. The minimum Gasteiger partial charge on any atom is -0.427 e. The Hall–Kier alpha value is -2.63. The molecule has 0 aliphatic heterocycles. The largest absolute Gasteiger partial charge is 0.427 e. The van der Waals surface area contributed by atoms with E-state index < -0.39 is 17.5 Å². The number of hydrogen-bond acceptors (Lipinski definition) is 5. The molecule has 1 aromatic heterocycles. The summed E-state index contributed by atoms with van der Waals surface area (Å²) in [5.41, 5.74) is -0.433. The average Bonchev–Trinajstić information content (AvgIpc) is 2.54. The molecule has 0 spiro atoms. The Kier molecular flexibility index (Phi) is 4.64. The average molecular weight is 329 g/mol. The van der Waals surface area contributed by atoms with Gasteiger partial charge in [0.05, 0.1) is 0 Å². The minimum absolute atomic E-state index is 0.00619. The molecular weight excluding hydrogens is 310 g/mol. The van der Waals surface area contributed by atoms with Crippen LogP contribution in [0.4, 0.5) is 0 Å². The Morgan fingerprint density at radius 3 is 2.62 bits per heavy atom. The molecule has 0 unspecified atom stereocenters. The van der Waals surface area contributed by atoms with E-state index in [0.29, 0.717) is 5.39 Å². The molecule has 1 aliphatic rings. The molecule has 1 amide bonds. The van der Waals surface area contributed by atoms with Crippen molar-refractivity contribution in [2.24, 2.45) is 0 Å². The highest BCUT2D eigenvalue weighted by Crippen LogP contribution is 2.21. The summed E-state index contributed by atoms with van der Waals surface area (Å²) in [5.74, 6) is -0.570. The molecule has 0 saturated heterocycles. The van der Waals surface area contributed by atoms with E-state index in [1.54, 1.807) is 12.1 Å². The van der Waals surface area contributed by atoms with E-state index in [0.717, 1.165) is 25.7 Å². The third-order valence-electron chi connectivity index (χ3n) is 4.15. The van der Waals surface area contributed by atoms with Crippen LogP contribution in [0, 0.1) is 0 Å². The summed E-state index contributed by atoms with van der Waals surface area (Å²) >= 11 is 0. The number of carbonyl (C=O) groups excluding carboxylic acids is 2. The zero-order valence-corrected chi connectivity index (χ0v) is 13.5. The van der Waals surface area contributed by atoms with Gasteiger partial charge in [0.2, 0.25) is 0 Å². The summed E-state index contributed by atoms with van der Waals surface area (Å²) < 4.78 is 10.2. The summed E-state index contributed by atoms with van der Waals surface area (Å²) in [4.78, 5) is 35.4. The smallest absolute Gasteiger partial charge is 0.349 e. The van der Waals surface area contributed by atoms with Crippen LogP contribution in [0.5, 0.6) is 5.75 Å². The summed E-state index contributed by atoms with van der Waals surface area (Å²) in [7, 11) is 0. The Balaban J connectivity index is 1.85. The second kappa shape index (κ2) is 6.86. The number of benzene rings is 1. The van der Waals surface area contributed by atoms with Crippen molar-refractivity contribution in [3.63, 3.8) is 0 Å². The quantitative estimate of drug-likeness (QED) is 0.532. The summed E-state index contributed by atoms with van der Waals surface area (Å²) in [6.07, 6.45) is 5.26. The van der Waals surface area contributed by atoms with Crippen LogP contribution in [0.1, 0.15) is 49.4 Å². The van der Waals surface area contributed by atoms with Gasteiger partial charge in [-0.1, -0.05) is 19.3 Å². The van der Waals surface area contributed by atoms with Crippen molar-refractivity contribution >= 4 is 22.8 Å². The van der Waals surface area contributed by atoms with Crippen LogP contribution in [0.2, 0.25) is 0 Å². The number of nitrogens with one attached hydrogen (secondary N) is 1. The van der Waals surface area contributed by atoms with E-state index in [2.05, 4.69) is 5.32 Å². The highest BCUT2D eigenvalue weighted by Gasteiger charge is 2.20. The first-order valence-electron chi connectivity index (χ1n) is 8.10. The maximum atomic E-state index is 12.3. The highest BCUT2D eigenvalue weighted by molar-refractivity contribution is 5.97. The fourth-order valence-corrected chi connectivity index (χ4v) is 2.99. The summed E-state index contributed by atoms with van der Waals surface area (Å²) in [6, 6.07) is 6.32. The zero-order valence-electron chi connectivity index (χ0n) is 13.5. The lowest BCUT2D eigenvalue weighted by molar-refractivity contribution is -0.131. The number of esters is 1. The van der Waals surface area contributed by atoms with Crippen LogP contribution in [0.25, 0.3) is 11.0 Å². The molecule has 0 atom stereocenters. The van der Waals surface area contributed by atoms with Crippen LogP contribution in [-0.4, -0.2) is 17.9 Å². The molecule has 6 heteroatoms. The van der Waals surface area contributed by atoms with Gasteiger partial charge in [-0.25, -0.2) is 4.79 Å². The van der Waals surface area contributed by atoms with Crippen LogP contribution < -0.4 is 15.7 Å². The molecule has 1 N–H and O–H groups in total. The first-order chi connectivity index (χ1) is 11.5. The number of carbonyl (C=O) groups is 2. The van der Waals surface area contributed by atoms with Gasteiger partial charge in [0.25, 0.3) is 5.91 Å². The van der Waals surface area contributed by atoms with Crippen LogP contribution >= 0.6 is 0 Å². The van der Waals surface area contributed by atoms with E-state index in [1.165, 1.54) is 25.5 Å². The SMILES string of the molecule is CC(=O)Oc1ccc2cc(C(=O)NC3CCCCC3)c(=O)oc2c1. The number of hydrogen-bond donors (Lipinski definition) is 1. The lowest BCUT2D eigenvalue weighted by Crippen LogP contribution is -2.38. The van der Waals surface area contributed by atoms with E-state index in [1.807, 2.05) is 0 Å². The van der Waals surface area contributed by atoms with Crippen LogP contribution in [0.3, 0.4) is 0 Å². The standard InChI is InChI=1S/C18H19NO5/c1-11(20)23-14-8-7-12-9-15(18(22)24-16(12)10-14)17(21)19-13-5-3-2-4-6-13/h7-10,13H,2-6H2,1H3,(H,19,21). The maximum absolute atomic E-state index is 12.3. The molecule has 0 bridgehead atoms. The second-order valence-electron chi connectivity index (χ2n) is 6.05. The molecular formula is C18H19NO5. The highest BCUT2D eigenvalue weighted by atomic mass is 16.5. The van der Waals surface area contributed by atoms with E-state index in [4.69, 9.17) is 9.15 Å². The number of ether oxygens (including phenoxy) is 1. The Bertz CT molecular complexity index is 833. The lowest BCUT2D eigenvalue weighted by Gasteiger charge is -2.22. The second-order valence-corrected chi connectivity index (χ2v) is 6.05. The lowest BCUT2D eigenvalue weighted by atomic mass is 9.95. The molecule has 2 aromatic rings. The van der Waals surface area contributed by atoms with E-state index in [9.17, 15) is 14.4 Å². The molecule has 126 valence electrons. The van der Waals surface area contributed by atoms with Gasteiger partial charge in [0.15, 0.2) is 0 Å². The Morgan fingerprint density at radius 2 is 1.92 bits per heavy atom. The molecule has 24 heavy (non-hydrogen) atoms. The van der Waals surface area contributed by atoms with Gasteiger partial charge in [-0.2, -0.15) is 0 Å². The first kappa shape index (κ1) is 16.2. The predicted octanol–water partition coefficient (Wildman–Crippen LogP) is 2.78. The summed E-state index contributed by atoms with van der Waals surface area (Å²) in [6.45, 7) is 1.29. The van der Waals surface area contributed by atoms with Gasteiger partial charge in [0.1, 0.15) is 16.9 Å². The zero-order chi connectivity index (χ0) is 17.1. The van der Waals surface area contributed by atoms with Crippen LogP contribution in [0.15, 0.2) is 33.5 Å².